The Kier molecular flexibility index (Phi) is 4.91. The molecule has 0 aliphatic heterocycles. The number of carbonyl (C=O) groups is 1. The van der Waals surface area contributed by atoms with Crippen LogP contribution in [0.4, 0.5) is 5.69 Å². The summed E-state index contributed by atoms with van der Waals surface area (Å²) in [5.74, 6) is -0.292. The molecule has 3 rings (SSSR count). The van der Waals surface area contributed by atoms with E-state index in [0.29, 0.717) is 5.69 Å². The Morgan fingerprint density at radius 2 is 1.71 bits per heavy atom. The van der Waals surface area contributed by atoms with E-state index in [-0.39, 0.29) is 23.4 Å². The molecule has 7 heteroatoms. The Labute approximate surface area is 149 Å². The van der Waals surface area contributed by atoms with Crippen molar-refractivity contribution in [2.45, 2.75) is 23.8 Å². The molecule has 0 aromatic heterocycles. The fourth-order valence-electron chi connectivity index (χ4n) is 2.27. The van der Waals surface area contributed by atoms with Gasteiger partial charge in [-0.15, -0.1) is 0 Å². The van der Waals surface area contributed by atoms with Crippen molar-refractivity contribution in [3.8, 4) is 0 Å². The van der Waals surface area contributed by atoms with Crippen LogP contribution in [-0.2, 0) is 14.8 Å². The highest BCUT2D eigenvalue weighted by Crippen LogP contribution is 2.25. The van der Waals surface area contributed by atoms with Gasteiger partial charge in [0.15, 0.2) is 0 Å². The Balaban J connectivity index is 1.94. The number of halogens is 1. The molecular formula is C17H17BrN2O3S. The van der Waals surface area contributed by atoms with Crippen molar-refractivity contribution in [1.29, 1.82) is 0 Å². The molecule has 5 nitrogen and oxygen atoms in total. The standard InChI is InChI=1S/C17H17BrN2O3S/c18-13-6-10-15(11-7-13)20(12-17(21)19-14-8-9-14)24(22,23)16-4-2-1-3-5-16/h1-7,10-11,14H,8-9,12H2,(H,19,21). The smallest absolute Gasteiger partial charge is 0.264 e. The second-order valence-corrected chi connectivity index (χ2v) is 8.42. The van der Waals surface area contributed by atoms with Gasteiger partial charge in [-0.1, -0.05) is 34.1 Å². The van der Waals surface area contributed by atoms with Gasteiger partial charge in [0.2, 0.25) is 5.91 Å². The molecule has 1 fully saturated rings. The van der Waals surface area contributed by atoms with Gasteiger partial charge >= 0.3 is 0 Å². The third-order valence-electron chi connectivity index (χ3n) is 3.68. The van der Waals surface area contributed by atoms with Crippen LogP contribution in [0.15, 0.2) is 64.0 Å². The first-order chi connectivity index (χ1) is 11.5. The predicted octanol–water partition coefficient (Wildman–Crippen LogP) is 2.92. The van der Waals surface area contributed by atoms with E-state index in [1.165, 1.54) is 12.1 Å². The highest BCUT2D eigenvalue weighted by Gasteiger charge is 2.29. The minimum absolute atomic E-state index is 0.159. The van der Waals surface area contributed by atoms with E-state index < -0.39 is 10.0 Å². The van der Waals surface area contributed by atoms with Gasteiger partial charge < -0.3 is 5.32 Å². The maximum atomic E-state index is 13.0. The Bertz CT molecular complexity index is 819. The molecule has 1 saturated carbocycles. The van der Waals surface area contributed by atoms with Crippen LogP contribution >= 0.6 is 15.9 Å². The van der Waals surface area contributed by atoms with Gasteiger partial charge in [-0.25, -0.2) is 8.42 Å². The van der Waals surface area contributed by atoms with Crippen LogP contribution in [-0.4, -0.2) is 26.9 Å². The van der Waals surface area contributed by atoms with Crippen molar-refractivity contribution in [2.75, 3.05) is 10.8 Å². The number of amides is 1. The van der Waals surface area contributed by atoms with E-state index in [0.717, 1.165) is 21.6 Å². The molecule has 2 aromatic rings. The third kappa shape index (κ3) is 3.96. The van der Waals surface area contributed by atoms with Gasteiger partial charge in [-0.2, -0.15) is 0 Å². The Morgan fingerprint density at radius 3 is 2.29 bits per heavy atom. The Hall–Kier alpha value is -1.86. The molecular weight excluding hydrogens is 392 g/mol. The molecule has 1 amide bonds. The van der Waals surface area contributed by atoms with Crippen LogP contribution in [0, 0.1) is 0 Å². The molecule has 0 radical (unpaired) electrons. The number of rotatable bonds is 6. The molecule has 1 aliphatic carbocycles. The van der Waals surface area contributed by atoms with Gasteiger partial charge in [0.05, 0.1) is 10.6 Å². The van der Waals surface area contributed by atoms with Crippen LogP contribution in [0.1, 0.15) is 12.8 Å². The molecule has 1 aliphatic rings. The number of carbonyl (C=O) groups excluding carboxylic acids is 1. The molecule has 0 bridgehead atoms. The molecule has 126 valence electrons. The SMILES string of the molecule is O=C(CN(c1ccc(Br)cc1)S(=O)(=O)c1ccccc1)NC1CC1. The molecule has 0 heterocycles. The van der Waals surface area contributed by atoms with Crippen molar-refractivity contribution in [2.24, 2.45) is 0 Å². The lowest BCUT2D eigenvalue weighted by molar-refractivity contribution is -0.119. The summed E-state index contributed by atoms with van der Waals surface area (Å²) >= 11 is 3.33. The van der Waals surface area contributed by atoms with Gasteiger partial charge in [-0.3, -0.25) is 9.10 Å². The third-order valence-corrected chi connectivity index (χ3v) is 5.99. The molecule has 24 heavy (non-hydrogen) atoms. The lowest BCUT2D eigenvalue weighted by Crippen LogP contribution is -2.41. The van der Waals surface area contributed by atoms with Crippen molar-refractivity contribution in [3.63, 3.8) is 0 Å². The summed E-state index contributed by atoms with van der Waals surface area (Å²) in [6.07, 6.45) is 1.91. The number of sulfonamides is 1. The van der Waals surface area contributed by atoms with Crippen molar-refractivity contribution in [3.05, 3.63) is 59.1 Å². The molecule has 0 atom stereocenters. The van der Waals surface area contributed by atoms with Crippen LogP contribution in [0.5, 0.6) is 0 Å². The molecule has 0 spiro atoms. The molecule has 0 unspecified atom stereocenters. The lowest BCUT2D eigenvalue weighted by atomic mass is 10.3. The second kappa shape index (κ2) is 6.94. The zero-order valence-corrected chi connectivity index (χ0v) is 15.3. The summed E-state index contributed by atoms with van der Waals surface area (Å²) in [6, 6.07) is 15.2. The number of nitrogens with zero attached hydrogens (tertiary/aromatic N) is 1. The van der Waals surface area contributed by atoms with Gasteiger partial charge in [-0.05, 0) is 49.2 Å². The van der Waals surface area contributed by atoms with Crippen molar-refractivity contribution < 1.29 is 13.2 Å². The number of hydrogen-bond acceptors (Lipinski definition) is 3. The maximum absolute atomic E-state index is 13.0. The average Bonchev–Trinajstić information content (AvgIpc) is 3.38. The predicted molar refractivity (Wildman–Crippen MR) is 96.3 cm³/mol. The quantitative estimate of drug-likeness (QED) is 0.798. The van der Waals surface area contributed by atoms with Gasteiger partial charge in [0.25, 0.3) is 10.0 Å². The number of benzene rings is 2. The van der Waals surface area contributed by atoms with E-state index in [9.17, 15) is 13.2 Å². The van der Waals surface area contributed by atoms with E-state index >= 15 is 0 Å². The van der Waals surface area contributed by atoms with Crippen LogP contribution in [0.25, 0.3) is 0 Å². The van der Waals surface area contributed by atoms with E-state index in [1.807, 2.05) is 0 Å². The topological polar surface area (TPSA) is 66.5 Å². The molecule has 1 N–H and O–H groups in total. The minimum Gasteiger partial charge on any atom is -0.352 e. The Morgan fingerprint density at radius 1 is 1.08 bits per heavy atom. The van der Waals surface area contributed by atoms with Crippen LogP contribution in [0.2, 0.25) is 0 Å². The maximum Gasteiger partial charge on any atom is 0.264 e. The number of nitrogens with one attached hydrogen (secondary N) is 1. The summed E-state index contributed by atoms with van der Waals surface area (Å²) in [4.78, 5) is 12.4. The minimum atomic E-state index is -3.82. The van der Waals surface area contributed by atoms with Gasteiger partial charge in [0.1, 0.15) is 6.54 Å². The van der Waals surface area contributed by atoms with Gasteiger partial charge in [0, 0.05) is 10.5 Å². The fourth-order valence-corrected chi connectivity index (χ4v) is 3.98. The van der Waals surface area contributed by atoms with E-state index in [4.69, 9.17) is 0 Å². The zero-order valence-electron chi connectivity index (χ0n) is 12.9. The number of anilines is 1. The van der Waals surface area contributed by atoms with E-state index in [1.54, 1.807) is 42.5 Å². The van der Waals surface area contributed by atoms with Crippen LogP contribution < -0.4 is 9.62 Å². The van der Waals surface area contributed by atoms with Crippen molar-refractivity contribution >= 4 is 37.5 Å². The van der Waals surface area contributed by atoms with Crippen LogP contribution in [0.3, 0.4) is 0 Å². The summed E-state index contributed by atoms with van der Waals surface area (Å²) in [5.41, 5.74) is 0.452. The highest BCUT2D eigenvalue weighted by molar-refractivity contribution is 9.10. The molecule has 2 aromatic carbocycles. The molecule has 0 saturated heterocycles. The summed E-state index contributed by atoms with van der Waals surface area (Å²) in [5, 5.41) is 2.83. The summed E-state index contributed by atoms with van der Waals surface area (Å²) in [6.45, 7) is -0.241. The summed E-state index contributed by atoms with van der Waals surface area (Å²) in [7, 11) is -3.82. The van der Waals surface area contributed by atoms with Crippen molar-refractivity contribution in [1.82, 2.24) is 5.32 Å². The van der Waals surface area contributed by atoms with E-state index in [2.05, 4.69) is 21.2 Å². The zero-order chi connectivity index (χ0) is 17.2. The highest BCUT2D eigenvalue weighted by atomic mass is 79.9. The monoisotopic (exact) mass is 408 g/mol. The summed E-state index contributed by atoms with van der Waals surface area (Å²) < 4.78 is 28.0. The largest absolute Gasteiger partial charge is 0.352 e. The first-order valence-corrected chi connectivity index (χ1v) is 9.83. The first kappa shape index (κ1) is 17.0. The first-order valence-electron chi connectivity index (χ1n) is 7.59. The average molecular weight is 409 g/mol. The lowest BCUT2D eigenvalue weighted by Gasteiger charge is -2.24. The second-order valence-electron chi connectivity index (χ2n) is 5.64. The normalized spacial score (nSPS) is 14.2. The fraction of sp³-hybridized carbons (Fsp3) is 0.235. The number of hydrogen-bond donors (Lipinski definition) is 1.